The number of nitrogens with one attached hydrogen (secondary N) is 1. The molecule has 2 aliphatic rings. The van der Waals surface area contributed by atoms with Gasteiger partial charge in [-0.05, 0) is 31.5 Å². The Bertz CT molecular complexity index is 768. The minimum atomic E-state index is -4.82. The quantitative estimate of drug-likeness (QED) is 0.829. The van der Waals surface area contributed by atoms with E-state index < -0.39 is 49.0 Å². The number of aliphatic carboxylic acids is 1. The number of likely N-dealkylation sites (tertiary alicyclic amines) is 1. The van der Waals surface area contributed by atoms with E-state index in [2.05, 4.69) is 5.32 Å². The lowest BCUT2D eigenvalue weighted by atomic mass is 10.1. The summed E-state index contributed by atoms with van der Waals surface area (Å²) >= 11 is 0. The monoisotopic (exact) mass is 385 g/mol. The zero-order valence-corrected chi connectivity index (χ0v) is 14.2. The number of benzene rings is 1. The van der Waals surface area contributed by atoms with Crippen molar-refractivity contribution in [3.05, 3.63) is 24.3 Å². The van der Waals surface area contributed by atoms with Crippen LogP contribution in [-0.2, 0) is 14.4 Å². The molecule has 3 rings (SSSR count). The molecule has 0 spiro atoms. The number of hydrogen-bond donors (Lipinski definition) is 2. The maximum Gasteiger partial charge on any atom is 0.409 e. The highest BCUT2D eigenvalue weighted by atomic mass is 19.4. The molecule has 1 aromatic rings. The number of hydrogen-bond acceptors (Lipinski definition) is 4. The third-order valence-electron chi connectivity index (χ3n) is 4.76. The number of carboxylic acid groups (broad SMARTS) is 1. The molecule has 0 saturated carbocycles. The van der Waals surface area contributed by atoms with Gasteiger partial charge in [0, 0.05) is 0 Å². The predicted octanol–water partition coefficient (Wildman–Crippen LogP) is 1.84. The number of nitrogens with zero attached hydrogens (tertiary/aromatic N) is 2. The minimum Gasteiger partial charge on any atom is -0.480 e. The van der Waals surface area contributed by atoms with Crippen LogP contribution in [0, 0.1) is 0 Å². The van der Waals surface area contributed by atoms with Crippen molar-refractivity contribution in [3.8, 4) is 0 Å². The van der Waals surface area contributed by atoms with E-state index in [1.807, 2.05) is 0 Å². The first kappa shape index (κ1) is 19.2. The van der Waals surface area contributed by atoms with Crippen molar-refractivity contribution < 1.29 is 32.7 Å². The second kappa shape index (κ2) is 7.18. The third-order valence-corrected chi connectivity index (χ3v) is 4.76. The Kier molecular flexibility index (Phi) is 5.09. The van der Waals surface area contributed by atoms with Gasteiger partial charge in [-0.15, -0.1) is 0 Å². The second-order valence-electron chi connectivity index (χ2n) is 6.56. The van der Waals surface area contributed by atoms with Crippen LogP contribution < -0.4 is 10.2 Å². The normalized spacial score (nSPS) is 23.5. The number of amides is 2. The predicted molar refractivity (Wildman–Crippen MR) is 89.2 cm³/mol. The summed E-state index contributed by atoms with van der Waals surface area (Å²) in [4.78, 5) is 38.0. The van der Waals surface area contributed by atoms with E-state index in [9.17, 15) is 32.7 Å². The van der Waals surface area contributed by atoms with Crippen molar-refractivity contribution >= 4 is 29.2 Å². The van der Waals surface area contributed by atoms with E-state index >= 15 is 0 Å². The van der Waals surface area contributed by atoms with Gasteiger partial charge in [0.15, 0.2) is 0 Å². The summed E-state index contributed by atoms with van der Waals surface area (Å²) in [5, 5.41) is 11.6. The minimum absolute atomic E-state index is 0.0539. The molecule has 10 heteroatoms. The number of anilines is 2. The van der Waals surface area contributed by atoms with Gasteiger partial charge in [0.2, 0.25) is 11.8 Å². The highest BCUT2D eigenvalue weighted by Gasteiger charge is 2.49. The molecular weight excluding hydrogens is 367 g/mol. The molecule has 0 aromatic heterocycles. The maximum atomic E-state index is 13.6. The van der Waals surface area contributed by atoms with Gasteiger partial charge in [0.25, 0.3) is 0 Å². The Morgan fingerprint density at radius 3 is 2.63 bits per heavy atom. The average molecular weight is 385 g/mol. The van der Waals surface area contributed by atoms with E-state index in [1.54, 1.807) is 0 Å². The molecule has 2 N–H and O–H groups in total. The highest BCUT2D eigenvalue weighted by molar-refractivity contribution is 6.05. The lowest BCUT2D eigenvalue weighted by Crippen LogP contribution is -2.53. The molecule has 27 heavy (non-hydrogen) atoms. The topological polar surface area (TPSA) is 90.0 Å². The van der Waals surface area contributed by atoms with E-state index in [4.69, 9.17) is 0 Å². The van der Waals surface area contributed by atoms with Crippen LogP contribution in [-0.4, -0.2) is 59.1 Å². The molecule has 2 heterocycles. The number of carbonyl (C=O) groups excluding carboxylic acids is 2. The zero-order valence-electron chi connectivity index (χ0n) is 14.2. The van der Waals surface area contributed by atoms with Crippen LogP contribution in [0.2, 0.25) is 0 Å². The summed E-state index contributed by atoms with van der Waals surface area (Å²) in [6.45, 7) is -0.155. The van der Waals surface area contributed by atoms with Gasteiger partial charge in [-0.3, -0.25) is 24.2 Å². The molecule has 2 atom stereocenters. The first-order chi connectivity index (χ1) is 12.7. The van der Waals surface area contributed by atoms with Gasteiger partial charge >= 0.3 is 12.1 Å². The van der Waals surface area contributed by atoms with E-state index in [-0.39, 0.29) is 11.4 Å². The van der Waals surface area contributed by atoms with Gasteiger partial charge in [0.1, 0.15) is 12.1 Å². The van der Waals surface area contributed by atoms with Crippen LogP contribution in [0.4, 0.5) is 24.5 Å². The number of carboxylic acids is 1. The fraction of sp³-hybridized carbons (Fsp3) is 0.471. The largest absolute Gasteiger partial charge is 0.480 e. The van der Waals surface area contributed by atoms with Crippen LogP contribution in [0.15, 0.2) is 24.3 Å². The standard InChI is InChI=1S/C17H18F3N3O4/c18-17(19,20)13-8-14(24)21-10-4-1-2-5-11(10)23(13)15(25)9-22-7-3-6-12(22)16(26)27/h1-2,4-5,12-13H,3,6-9H2,(H,21,24)(H,26,27). The molecule has 0 bridgehead atoms. The molecule has 2 unspecified atom stereocenters. The molecule has 1 fully saturated rings. The third kappa shape index (κ3) is 3.90. The summed E-state index contributed by atoms with van der Waals surface area (Å²) in [7, 11) is 0. The number of fused-ring (bicyclic) bond motifs is 1. The Morgan fingerprint density at radius 2 is 1.96 bits per heavy atom. The number of alkyl halides is 3. The fourth-order valence-corrected chi connectivity index (χ4v) is 3.54. The Balaban J connectivity index is 1.96. The Hall–Kier alpha value is -2.62. The first-order valence-corrected chi connectivity index (χ1v) is 8.43. The van der Waals surface area contributed by atoms with Crippen molar-refractivity contribution in [2.45, 2.75) is 37.5 Å². The molecule has 0 radical (unpaired) electrons. The lowest BCUT2D eigenvalue weighted by Gasteiger charge is -2.33. The van der Waals surface area contributed by atoms with Crippen molar-refractivity contribution in [2.24, 2.45) is 0 Å². The van der Waals surface area contributed by atoms with E-state index in [0.29, 0.717) is 24.3 Å². The van der Waals surface area contributed by atoms with Crippen molar-refractivity contribution in [3.63, 3.8) is 0 Å². The molecule has 146 valence electrons. The molecular formula is C17H18F3N3O4. The molecule has 2 aliphatic heterocycles. The van der Waals surface area contributed by atoms with Gasteiger partial charge in [0.05, 0.1) is 24.3 Å². The number of carbonyl (C=O) groups is 3. The van der Waals surface area contributed by atoms with Crippen molar-refractivity contribution in [2.75, 3.05) is 23.3 Å². The summed E-state index contributed by atoms with van der Waals surface area (Å²) in [6, 6.07) is 2.54. The van der Waals surface area contributed by atoms with Gasteiger partial charge in [-0.25, -0.2) is 0 Å². The van der Waals surface area contributed by atoms with Crippen LogP contribution in [0.1, 0.15) is 19.3 Å². The summed E-state index contributed by atoms with van der Waals surface area (Å²) in [5.41, 5.74) is 0.0561. The summed E-state index contributed by atoms with van der Waals surface area (Å²) in [6.07, 6.45) is -4.86. The fourth-order valence-electron chi connectivity index (χ4n) is 3.54. The molecule has 1 aromatic carbocycles. The molecule has 7 nitrogen and oxygen atoms in total. The van der Waals surface area contributed by atoms with Gasteiger partial charge in [-0.2, -0.15) is 13.2 Å². The average Bonchev–Trinajstić information content (AvgIpc) is 2.96. The van der Waals surface area contributed by atoms with Crippen LogP contribution >= 0.6 is 0 Å². The van der Waals surface area contributed by atoms with E-state index in [1.165, 1.54) is 29.2 Å². The lowest BCUT2D eigenvalue weighted by molar-refractivity contribution is -0.158. The molecule has 2 amide bonds. The number of halogens is 3. The number of para-hydroxylation sites is 2. The maximum absolute atomic E-state index is 13.6. The SMILES string of the molecule is O=C1CC(C(F)(F)F)N(C(=O)CN2CCCC2C(=O)O)c2ccccc2N1. The van der Waals surface area contributed by atoms with Crippen molar-refractivity contribution in [1.29, 1.82) is 0 Å². The smallest absolute Gasteiger partial charge is 0.409 e. The molecule has 0 aliphatic carbocycles. The van der Waals surface area contributed by atoms with E-state index in [0.717, 1.165) is 0 Å². The zero-order chi connectivity index (χ0) is 19.8. The van der Waals surface area contributed by atoms with Crippen LogP contribution in [0.5, 0.6) is 0 Å². The van der Waals surface area contributed by atoms with Crippen LogP contribution in [0.25, 0.3) is 0 Å². The first-order valence-electron chi connectivity index (χ1n) is 8.43. The van der Waals surface area contributed by atoms with Crippen molar-refractivity contribution in [1.82, 2.24) is 4.90 Å². The summed E-state index contributed by atoms with van der Waals surface area (Å²) < 4.78 is 40.9. The molecule has 1 saturated heterocycles. The van der Waals surface area contributed by atoms with Gasteiger partial charge < -0.3 is 10.4 Å². The van der Waals surface area contributed by atoms with Gasteiger partial charge in [-0.1, -0.05) is 12.1 Å². The Morgan fingerprint density at radius 1 is 1.26 bits per heavy atom. The second-order valence-corrected chi connectivity index (χ2v) is 6.56. The highest BCUT2D eigenvalue weighted by Crippen LogP contribution is 2.38. The summed E-state index contributed by atoms with van der Waals surface area (Å²) in [5.74, 6) is -2.85. The number of rotatable bonds is 3. The Labute approximate surface area is 152 Å². The van der Waals surface area contributed by atoms with Crippen LogP contribution in [0.3, 0.4) is 0 Å².